The summed E-state index contributed by atoms with van der Waals surface area (Å²) in [5.74, 6) is 0.838. The van der Waals surface area contributed by atoms with E-state index in [4.69, 9.17) is 17.0 Å². The van der Waals surface area contributed by atoms with Crippen molar-refractivity contribution in [2.24, 2.45) is 0 Å². The number of thiocarbonyl (C=S) groups is 1. The Morgan fingerprint density at radius 2 is 1.92 bits per heavy atom. The summed E-state index contributed by atoms with van der Waals surface area (Å²) in [4.78, 5) is 8.84. The standard InChI is InChI=1S/C19H24N4O2S/c1-13-11-17(18(25-3)20-14(13)2)21-19(26)23-9-7-22(8-10-23)15-5-4-6-16(24)12-15/h4-6,11-12,24H,7-10H2,1-3H3,(H,21,26). The van der Waals surface area contributed by atoms with E-state index in [1.807, 2.05) is 32.0 Å². The fourth-order valence-corrected chi connectivity index (χ4v) is 3.27. The Labute approximate surface area is 159 Å². The van der Waals surface area contributed by atoms with Crippen molar-refractivity contribution in [2.45, 2.75) is 13.8 Å². The first-order chi connectivity index (χ1) is 12.5. The highest BCUT2D eigenvalue weighted by molar-refractivity contribution is 7.80. The van der Waals surface area contributed by atoms with Crippen molar-refractivity contribution < 1.29 is 9.84 Å². The summed E-state index contributed by atoms with van der Waals surface area (Å²) in [6, 6.07) is 9.36. The molecule has 1 fully saturated rings. The number of hydrogen-bond acceptors (Lipinski definition) is 5. The second kappa shape index (κ2) is 7.78. The van der Waals surface area contributed by atoms with Crippen molar-refractivity contribution in [3.05, 3.63) is 41.6 Å². The molecule has 1 saturated heterocycles. The van der Waals surface area contributed by atoms with Gasteiger partial charge < -0.3 is 25.0 Å². The first-order valence-electron chi connectivity index (χ1n) is 8.60. The lowest BCUT2D eigenvalue weighted by molar-refractivity contribution is 0.388. The van der Waals surface area contributed by atoms with Gasteiger partial charge in [0.05, 0.1) is 7.11 Å². The van der Waals surface area contributed by atoms with Crippen LogP contribution < -0.4 is 15.0 Å². The number of benzene rings is 1. The molecule has 0 amide bonds. The van der Waals surface area contributed by atoms with Crippen LogP contribution in [0.5, 0.6) is 11.6 Å². The van der Waals surface area contributed by atoms with E-state index in [0.29, 0.717) is 11.0 Å². The van der Waals surface area contributed by atoms with Crippen LogP contribution in [0.4, 0.5) is 11.4 Å². The summed E-state index contributed by atoms with van der Waals surface area (Å²) in [6.45, 7) is 7.27. The molecule has 1 aliphatic rings. The van der Waals surface area contributed by atoms with Gasteiger partial charge in [0.2, 0.25) is 5.88 Å². The van der Waals surface area contributed by atoms with Crippen LogP contribution in [0.25, 0.3) is 0 Å². The van der Waals surface area contributed by atoms with Crippen molar-refractivity contribution >= 4 is 28.7 Å². The van der Waals surface area contributed by atoms with Gasteiger partial charge >= 0.3 is 0 Å². The van der Waals surface area contributed by atoms with Crippen LogP contribution >= 0.6 is 12.2 Å². The van der Waals surface area contributed by atoms with E-state index in [1.165, 1.54) is 0 Å². The number of piperazine rings is 1. The predicted octanol–water partition coefficient (Wildman–Crippen LogP) is 2.93. The van der Waals surface area contributed by atoms with Gasteiger partial charge in [-0.3, -0.25) is 0 Å². The summed E-state index contributed by atoms with van der Waals surface area (Å²) >= 11 is 5.59. The number of rotatable bonds is 3. The molecular formula is C19H24N4O2S. The van der Waals surface area contributed by atoms with E-state index < -0.39 is 0 Å². The van der Waals surface area contributed by atoms with E-state index >= 15 is 0 Å². The van der Waals surface area contributed by atoms with Crippen LogP contribution in [0.15, 0.2) is 30.3 Å². The lowest BCUT2D eigenvalue weighted by Gasteiger charge is -2.37. The largest absolute Gasteiger partial charge is 0.508 e. The minimum atomic E-state index is 0.288. The van der Waals surface area contributed by atoms with E-state index in [2.05, 4.69) is 20.1 Å². The maximum absolute atomic E-state index is 9.65. The van der Waals surface area contributed by atoms with Crippen LogP contribution in [-0.4, -0.2) is 53.4 Å². The number of methoxy groups -OCH3 is 1. The van der Waals surface area contributed by atoms with Gasteiger partial charge in [0.15, 0.2) is 5.11 Å². The van der Waals surface area contributed by atoms with Crippen LogP contribution in [-0.2, 0) is 0 Å². The molecule has 0 unspecified atom stereocenters. The predicted molar refractivity (Wildman–Crippen MR) is 108 cm³/mol. The second-order valence-electron chi connectivity index (χ2n) is 6.37. The number of ether oxygens (including phenoxy) is 1. The fraction of sp³-hybridized carbons (Fsp3) is 0.368. The maximum Gasteiger partial charge on any atom is 0.237 e. The molecule has 3 rings (SSSR count). The number of nitrogens with zero attached hydrogens (tertiary/aromatic N) is 3. The van der Waals surface area contributed by atoms with Crippen LogP contribution in [0.2, 0.25) is 0 Å². The number of phenolic OH excluding ortho intramolecular Hbond substituents is 1. The number of anilines is 2. The van der Waals surface area contributed by atoms with Gasteiger partial charge in [-0.15, -0.1) is 0 Å². The fourth-order valence-electron chi connectivity index (χ4n) is 2.98. The highest BCUT2D eigenvalue weighted by Gasteiger charge is 2.20. The van der Waals surface area contributed by atoms with Gasteiger partial charge in [-0.25, -0.2) is 4.98 Å². The summed E-state index contributed by atoms with van der Waals surface area (Å²) in [6.07, 6.45) is 0. The number of nitrogens with one attached hydrogen (secondary N) is 1. The van der Waals surface area contributed by atoms with Crippen molar-refractivity contribution in [2.75, 3.05) is 43.5 Å². The molecule has 2 N–H and O–H groups in total. The minimum Gasteiger partial charge on any atom is -0.508 e. The Balaban J connectivity index is 1.63. The van der Waals surface area contributed by atoms with Crippen molar-refractivity contribution in [3.8, 4) is 11.6 Å². The topological polar surface area (TPSA) is 60.9 Å². The Bertz CT molecular complexity index is 804. The molecule has 1 aromatic heterocycles. The van der Waals surface area contributed by atoms with Gasteiger partial charge in [0.1, 0.15) is 11.4 Å². The van der Waals surface area contributed by atoms with Crippen molar-refractivity contribution in [3.63, 3.8) is 0 Å². The zero-order chi connectivity index (χ0) is 18.7. The third-order valence-corrected chi connectivity index (χ3v) is 4.99. The molecule has 0 saturated carbocycles. The zero-order valence-corrected chi connectivity index (χ0v) is 16.1. The SMILES string of the molecule is COc1nc(C)c(C)cc1NC(=S)N1CCN(c2cccc(O)c2)CC1. The third kappa shape index (κ3) is 3.99. The normalized spacial score (nSPS) is 14.3. The first-order valence-corrected chi connectivity index (χ1v) is 9.01. The van der Waals surface area contributed by atoms with Gasteiger partial charge in [0, 0.05) is 43.6 Å². The Kier molecular flexibility index (Phi) is 5.46. The van der Waals surface area contributed by atoms with Gasteiger partial charge in [-0.2, -0.15) is 0 Å². The Morgan fingerprint density at radius 1 is 1.19 bits per heavy atom. The first kappa shape index (κ1) is 18.3. The smallest absolute Gasteiger partial charge is 0.237 e. The minimum absolute atomic E-state index is 0.288. The monoisotopic (exact) mass is 372 g/mol. The molecule has 6 nitrogen and oxygen atoms in total. The highest BCUT2D eigenvalue weighted by Crippen LogP contribution is 2.25. The second-order valence-corrected chi connectivity index (χ2v) is 6.76. The van der Waals surface area contributed by atoms with Gasteiger partial charge in [-0.05, 0) is 49.8 Å². The molecule has 138 valence electrons. The van der Waals surface area contributed by atoms with Gasteiger partial charge in [-0.1, -0.05) is 6.07 Å². The molecule has 26 heavy (non-hydrogen) atoms. The third-order valence-electron chi connectivity index (χ3n) is 4.63. The van der Waals surface area contributed by atoms with E-state index in [0.717, 1.165) is 48.8 Å². The summed E-state index contributed by atoms with van der Waals surface area (Å²) < 4.78 is 5.37. The Hall–Kier alpha value is -2.54. The quantitative estimate of drug-likeness (QED) is 0.803. The average molecular weight is 372 g/mol. The number of aryl methyl sites for hydroxylation is 2. The molecule has 1 aliphatic heterocycles. The highest BCUT2D eigenvalue weighted by atomic mass is 32.1. The van der Waals surface area contributed by atoms with Crippen molar-refractivity contribution in [1.29, 1.82) is 0 Å². The summed E-state index contributed by atoms with van der Waals surface area (Å²) in [5, 5.41) is 13.6. The number of pyridine rings is 1. The molecular weight excluding hydrogens is 348 g/mol. The molecule has 0 spiro atoms. The lowest BCUT2D eigenvalue weighted by Crippen LogP contribution is -2.50. The lowest BCUT2D eigenvalue weighted by atomic mass is 10.2. The number of aromatic nitrogens is 1. The van der Waals surface area contributed by atoms with Gasteiger partial charge in [0.25, 0.3) is 0 Å². The molecule has 0 atom stereocenters. The maximum atomic E-state index is 9.65. The van der Waals surface area contributed by atoms with Crippen molar-refractivity contribution in [1.82, 2.24) is 9.88 Å². The summed E-state index contributed by atoms with van der Waals surface area (Å²) in [7, 11) is 1.61. The van der Waals surface area contributed by atoms with Crippen LogP contribution in [0.1, 0.15) is 11.3 Å². The number of hydrogen-bond donors (Lipinski definition) is 2. The molecule has 2 heterocycles. The molecule has 2 aromatic rings. The van der Waals surface area contributed by atoms with Crippen LogP contribution in [0.3, 0.4) is 0 Å². The average Bonchev–Trinajstić information content (AvgIpc) is 2.64. The number of phenols is 1. The number of aromatic hydroxyl groups is 1. The van der Waals surface area contributed by atoms with Crippen LogP contribution in [0, 0.1) is 13.8 Å². The Morgan fingerprint density at radius 3 is 2.58 bits per heavy atom. The zero-order valence-electron chi connectivity index (χ0n) is 15.3. The molecule has 7 heteroatoms. The molecule has 0 bridgehead atoms. The summed E-state index contributed by atoms with van der Waals surface area (Å²) in [5.41, 5.74) is 3.85. The van der Waals surface area contributed by atoms with E-state index in [1.54, 1.807) is 19.2 Å². The molecule has 1 aromatic carbocycles. The van der Waals surface area contributed by atoms with E-state index in [9.17, 15) is 5.11 Å². The molecule has 0 radical (unpaired) electrons. The molecule has 0 aliphatic carbocycles. The van der Waals surface area contributed by atoms with E-state index in [-0.39, 0.29) is 5.75 Å².